The van der Waals surface area contributed by atoms with Gasteiger partial charge in [-0.2, -0.15) is 0 Å². The minimum atomic E-state index is -0.699. The highest BCUT2D eigenvalue weighted by atomic mass is 16.5. The zero-order chi connectivity index (χ0) is 45.1. The molecule has 366 valence electrons. The van der Waals surface area contributed by atoms with Crippen molar-refractivity contribution in [3.63, 3.8) is 0 Å². The molecule has 0 heterocycles. The Bertz CT molecular complexity index is 966. The van der Waals surface area contributed by atoms with Gasteiger partial charge in [0.25, 0.3) is 0 Å². The topological polar surface area (TPSA) is 95.9 Å². The highest BCUT2D eigenvalue weighted by molar-refractivity contribution is 5.76. The number of carbonyl (C=O) groups is 2. The molecule has 0 aromatic heterocycles. The average Bonchev–Trinajstić information content (AvgIpc) is 3.27. The van der Waals surface area contributed by atoms with Crippen molar-refractivity contribution in [2.75, 3.05) is 13.2 Å². The van der Waals surface area contributed by atoms with Crippen molar-refractivity contribution >= 4 is 11.9 Å². The van der Waals surface area contributed by atoms with Crippen molar-refractivity contribution < 1.29 is 24.5 Å². The third-order valence-corrected chi connectivity index (χ3v) is 12.8. The number of ether oxygens (including phenoxy) is 1. The van der Waals surface area contributed by atoms with Crippen LogP contribution in [0.25, 0.3) is 0 Å². The fraction of sp³-hybridized carbons (Fsp3) is 0.893. The molecule has 0 aromatic carbocycles. The number of amides is 1. The lowest BCUT2D eigenvalue weighted by atomic mass is 10.0. The summed E-state index contributed by atoms with van der Waals surface area (Å²) in [4.78, 5) is 24.5. The monoisotopic (exact) mass is 874 g/mol. The Hall–Kier alpha value is -1.66. The van der Waals surface area contributed by atoms with E-state index in [2.05, 4.69) is 37.4 Å². The lowest BCUT2D eigenvalue weighted by Crippen LogP contribution is -2.45. The number of allylic oxidation sites excluding steroid dienone is 4. The minimum absolute atomic E-state index is 0.0144. The van der Waals surface area contributed by atoms with Crippen LogP contribution in [0.15, 0.2) is 24.3 Å². The molecule has 0 aliphatic carbocycles. The molecule has 0 aromatic rings. The molecule has 0 bridgehead atoms. The van der Waals surface area contributed by atoms with E-state index in [1.54, 1.807) is 0 Å². The molecule has 1 amide bonds. The first-order valence-electron chi connectivity index (χ1n) is 27.6. The molecule has 0 aliphatic rings. The van der Waals surface area contributed by atoms with Crippen LogP contribution in [0.4, 0.5) is 0 Å². The van der Waals surface area contributed by atoms with Crippen LogP contribution in [0, 0.1) is 0 Å². The molecular weight excluding hydrogens is 767 g/mol. The molecule has 6 heteroatoms. The maximum absolute atomic E-state index is 12.4. The SMILES string of the molecule is CCCCCCCCCCCCCCCCCCCCC(O)C(CO)NC(=O)CC/C=C\C/C=C\CCCCCCCCOC(=O)CCCCCCCCCCCCCCCC. The summed E-state index contributed by atoms with van der Waals surface area (Å²) in [6.07, 6.45) is 61.7. The molecule has 0 saturated carbocycles. The number of hydrogen-bond acceptors (Lipinski definition) is 5. The van der Waals surface area contributed by atoms with E-state index in [0.717, 1.165) is 51.4 Å². The molecule has 2 atom stereocenters. The van der Waals surface area contributed by atoms with Gasteiger partial charge < -0.3 is 20.3 Å². The van der Waals surface area contributed by atoms with Crippen LogP contribution in [0.2, 0.25) is 0 Å². The lowest BCUT2D eigenvalue weighted by Gasteiger charge is -2.22. The van der Waals surface area contributed by atoms with Crippen molar-refractivity contribution in [3.05, 3.63) is 24.3 Å². The first-order valence-corrected chi connectivity index (χ1v) is 27.6. The number of aliphatic hydroxyl groups excluding tert-OH is 2. The molecule has 0 spiro atoms. The second kappa shape index (κ2) is 52.0. The van der Waals surface area contributed by atoms with Gasteiger partial charge in [0.15, 0.2) is 0 Å². The van der Waals surface area contributed by atoms with E-state index in [1.807, 2.05) is 6.08 Å². The molecule has 3 N–H and O–H groups in total. The zero-order valence-corrected chi connectivity index (χ0v) is 41.6. The van der Waals surface area contributed by atoms with Crippen molar-refractivity contribution in [2.24, 2.45) is 0 Å². The van der Waals surface area contributed by atoms with E-state index < -0.39 is 12.1 Å². The van der Waals surface area contributed by atoms with Crippen molar-refractivity contribution in [1.82, 2.24) is 5.32 Å². The number of rotatable bonds is 51. The number of hydrogen-bond donors (Lipinski definition) is 3. The van der Waals surface area contributed by atoms with Crippen molar-refractivity contribution in [2.45, 2.75) is 309 Å². The summed E-state index contributed by atoms with van der Waals surface area (Å²) in [6, 6.07) is -0.585. The molecule has 0 saturated heterocycles. The van der Waals surface area contributed by atoms with Crippen LogP contribution in [0.1, 0.15) is 296 Å². The van der Waals surface area contributed by atoms with Gasteiger partial charge in [0.1, 0.15) is 0 Å². The first-order chi connectivity index (χ1) is 30.5. The quantitative estimate of drug-likeness (QED) is 0.0321. The van der Waals surface area contributed by atoms with E-state index in [4.69, 9.17) is 4.74 Å². The number of unbranched alkanes of at least 4 members (excludes halogenated alkanes) is 36. The Balaban J connectivity index is 3.54. The second-order valence-electron chi connectivity index (χ2n) is 18.9. The van der Waals surface area contributed by atoms with E-state index in [9.17, 15) is 19.8 Å². The first kappa shape index (κ1) is 60.3. The fourth-order valence-corrected chi connectivity index (χ4v) is 8.51. The number of esters is 1. The molecule has 0 rings (SSSR count). The molecular formula is C56H107NO5. The molecule has 0 radical (unpaired) electrons. The summed E-state index contributed by atoms with van der Waals surface area (Å²) in [6.45, 7) is 4.90. The van der Waals surface area contributed by atoms with Gasteiger partial charge in [0.2, 0.25) is 5.91 Å². The highest BCUT2D eigenvalue weighted by Crippen LogP contribution is 2.17. The summed E-state index contributed by atoms with van der Waals surface area (Å²) in [5, 5.41) is 23.2. The van der Waals surface area contributed by atoms with Crippen LogP contribution < -0.4 is 5.32 Å². The van der Waals surface area contributed by atoms with Gasteiger partial charge in [-0.25, -0.2) is 0 Å². The van der Waals surface area contributed by atoms with E-state index in [0.29, 0.717) is 32.3 Å². The molecule has 0 fully saturated rings. The highest BCUT2D eigenvalue weighted by Gasteiger charge is 2.19. The van der Waals surface area contributed by atoms with Gasteiger partial charge in [-0.15, -0.1) is 0 Å². The second-order valence-corrected chi connectivity index (χ2v) is 18.9. The third kappa shape index (κ3) is 47.8. The standard InChI is InChI=1S/C56H107NO5/c1-3-5-7-9-11-13-15-17-19-20-21-22-24-28-32-36-40-44-48-54(59)53(52-58)57-55(60)49-45-41-37-33-29-25-23-27-31-35-39-43-47-51-62-56(61)50-46-42-38-34-30-26-18-16-14-12-10-8-6-4-2/h25,29,37,41,53-54,58-59H,3-24,26-28,30-36,38-40,42-52H2,1-2H3,(H,57,60)/b29-25-,41-37-. The smallest absolute Gasteiger partial charge is 0.305 e. The van der Waals surface area contributed by atoms with Crippen molar-refractivity contribution in [1.29, 1.82) is 0 Å². The largest absolute Gasteiger partial charge is 0.466 e. The van der Waals surface area contributed by atoms with Gasteiger partial charge >= 0.3 is 5.97 Å². The summed E-state index contributed by atoms with van der Waals surface area (Å²) >= 11 is 0. The molecule has 62 heavy (non-hydrogen) atoms. The van der Waals surface area contributed by atoms with Crippen LogP contribution in [0.3, 0.4) is 0 Å². The van der Waals surface area contributed by atoms with Crippen LogP contribution in [-0.4, -0.2) is 47.4 Å². The predicted octanol–water partition coefficient (Wildman–Crippen LogP) is 16.7. The number of aliphatic hydroxyl groups is 2. The summed E-state index contributed by atoms with van der Waals surface area (Å²) in [7, 11) is 0. The zero-order valence-electron chi connectivity index (χ0n) is 41.6. The third-order valence-electron chi connectivity index (χ3n) is 12.8. The Morgan fingerprint density at radius 1 is 0.452 bits per heavy atom. The average molecular weight is 874 g/mol. The summed E-state index contributed by atoms with van der Waals surface area (Å²) in [5.74, 6) is -0.128. The molecule has 6 nitrogen and oxygen atoms in total. The van der Waals surface area contributed by atoms with Crippen molar-refractivity contribution in [3.8, 4) is 0 Å². The number of carbonyl (C=O) groups excluding carboxylic acids is 2. The fourth-order valence-electron chi connectivity index (χ4n) is 8.51. The van der Waals surface area contributed by atoms with Gasteiger partial charge in [-0.05, 0) is 44.9 Å². The molecule has 0 aliphatic heterocycles. The van der Waals surface area contributed by atoms with Crippen LogP contribution in [-0.2, 0) is 14.3 Å². The minimum Gasteiger partial charge on any atom is -0.466 e. The summed E-state index contributed by atoms with van der Waals surface area (Å²) < 4.78 is 5.46. The Labute approximate surface area is 386 Å². The van der Waals surface area contributed by atoms with Gasteiger partial charge in [0, 0.05) is 12.8 Å². The normalized spacial score (nSPS) is 12.8. The lowest BCUT2D eigenvalue weighted by molar-refractivity contribution is -0.143. The Kier molecular flexibility index (Phi) is 50.6. The Morgan fingerprint density at radius 2 is 0.823 bits per heavy atom. The predicted molar refractivity (Wildman–Crippen MR) is 269 cm³/mol. The Morgan fingerprint density at radius 3 is 1.26 bits per heavy atom. The van der Waals surface area contributed by atoms with Crippen LogP contribution >= 0.6 is 0 Å². The maximum Gasteiger partial charge on any atom is 0.305 e. The van der Waals surface area contributed by atoms with Gasteiger partial charge in [0.05, 0.1) is 25.4 Å². The molecule has 2 unspecified atom stereocenters. The maximum atomic E-state index is 12.4. The van der Waals surface area contributed by atoms with E-state index in [1.165, 1.54) is 205 Å². The van der Waals surface area contributed by atoms with Crippen LogP contribution in [0.5, 0.6) is 0 Å². The van der Waals surface area contributed by atoms with E-state index in [-0.39, 0.29) is 18.5 Å². The van der Waals surface area contributed by atoms with Gasteiger partial charge in [-0.3, -0.25) is 9.59 Å². The summed E-state index contributed by atoms with van der Waals surface area (Å²) in [5.41, 5.74) is 0. The number of nitrogens with one attached hydrogen (secondary N) is 1. The van der Waals surface area contributed by atoms with Gasteiger partial charge in [-0.1, -0.05) is 263 Å². The van der Waals surface area contributed by atoms with E-state index >= 15 is 0 Å².